The van der Waals surface area contributed by atoms with Gasteiger partial charge in [-0.3, -0.25) is 14.3 Å². The number of rotatable bonds is 5. The number of nitrogens with one attached hydrogen (secondary N) is 1. The van der Waals surface area contributed by atoms with Crippen molar-refractivity contribution < 1.29 is 9.16 Å². The third kappa shape index (κ3) is 4.28. The van der Waals surface area contributed by atoms with Crippen molar-refractivity contribution in [2.24, 2.45) is 5.92 Å². The maximum atomic E-state index is 12.5. The summed E-state index contributed by atoms with van der Waals surface area (Å²) in [6, 6.07) is 0. The van der Waals surface area contributed by atoms with Crippen molar-refractivity contribution in [3.8, 4) is 12.3 Å². The zero-order valence-corrected chi connectivity index (χ0v) is 18.5. The van der Waals surface area contributed by atoms with Gasteiger partial charge in [0, 0.05) is 12.1 Å². The molecule has 1 aliphatic rings. The van der Waals surface area contributed by atoms with Gasteiger partial charge in [0.2, 0.25) is 0 Å². The van der Waals surface area contributed by atoms with Gasteiger partial charge < -0.3 is 9.16 Å². The zero-order chi connectivity index (χ0) is 20.6. The van der Waals surface area contributed by atoms with Crippen molar-refractivity contribution in [3.05, 3.63) is 32.6 Å². The second-order valence-corrected chi connectivity index (χ2v) is 13.6. The first-order chi connectivity index (χ1) is 12.4. The number of hydrogen-bond acceptors (Lipinski definition) is 4. The fraction of sp³-hybridized carbons (Fsp3) is 0.700. The largest absolute Gasteiger partial charge is 0.411 e. The van der Waals surface area contributed by atoms with Crippen molar-refractivity contribution in [1.29, 1.82) is 0 Å². The lowest BCUT2D eigenvalue weighted by atomic mass is 9.95. The molecule has 27 heavy (non-hydrogen) atoms. The summed E-state index contributed by atoms with van der Waals surface area (Å²) in [7, 11) is -2.08. The summed E-state index contributed by atoms with van der Waals surface area (Å²) in [5, 5.41) is 0.0379. The highest BCUT2D eigenvalue weighted by atomic mass is 28.4. The topological polar surface area (TPSA) is 73.3 Å². The Hall–Kier alpha value is -1.62. The summed E-state index contributed by atoms with van der Waals surface area (Å²) in [5.74, 6) is 2.58. The molecule has 7 heteroatoms. The van der Waals surface area contributed by atoms with E-state index in [9.17, 15) is 9.59 Å². The lowest BCUT2D eigenvalue weighted by Crippen LogP contribution is -2.46. The molecule has 1 N–H and O–H groups in total. The highest BCUT2D eigenvalue weighted by molar-refractivity contribution is 6.74. The molecule has 0 aromatic carbocycles. The molecule has 0 saturated carbocycles. The molecule has 1 fully saturated rings. The van der Waals surface area contributed by atoms with E-state index in [-0.39, 0.29) is 29.7 Å². The summed E-state index contributed by atoms with van der Waals surface area (Å²) in [6.45, 7) is 15.2. The molecule has 1 unspecified atom stereocenters. The molecule has 0 amide bonds. The van der Waals surface area contributed by atoms with E-state index in [1.165, 1.54) is 10.8 Å². The van der Waals surface area contributed by atoms with Crippen molar-refractivity contribution in [3.63, 3.8) is 0 Å². The van der Waals surface area contributed by atoms with Gasteiger partial charge in [0.1, 0.15) is 6.10 Å². The van der Waals surface area contributed by atoms with Crippen LogP contribution in [-0.2, 0) is 15.7 Å². The van der Waals surface area contributed by atoms with Gasteiger partial charge in [-0.25, -0.2) is 4.79 Å². The molecule has 2 heterocycles. The zero-order valence-electron chi connectivity index (χ0n) is 17.5. The van der Waals surface area contributed by atoms with Crippen LogP contribution in [-0.4, -0.2) is 30.1 Å². The summed E-state index contributed by atoms with van der Waals surface area (Å²) < 4.78 is 14.3. The lowest BCUT2D eigenvalue weighted by molar-refractivity contribution is 0.00956. The minimum Gasteiger partial charge on any atom is -0.411 e. The van der Waals surface area contributed by atoms with Crippen LogP contribution in [0.4, 0.5) is 0 Å². The SMILES string of the molecule is C#CCn1cc([C@@H]2O[C@H](CC)C(C)[C@@H]2O[Si](C)(C)C(C)(C)C)c(=O)[nH]c1=O. The minimum atomic E-state index is -2.08. The van der Waals surface area contributed by atoms with Crippen LogP contribution >= 0.6 is 0 Å². The van der Waals surface area contributed by atoms with Crippen LogP contribution < -0.4 is 11.2 Å². The van der Waals surface area contributed by atoms with Gasteiger partial charge in [0.25, 0.3) is 5.56 Å². The van der Waals surface area contributed by atoms with Crippen molar-refractivity contribution in [2.45, 2.75) is 84.0 Å². The average molecular weight is 393 g/mol. The summed E-state index contributed by atoms with van der Waals surface area (Å²) in [4.78, 5) is 26.9. The molecular formula is C20H32N2O4Si. The first kappa shape index (κ1) is 21.7. The third-order valence-corrected chi connectivity index (χ3v) is 10.4. The molecular weight excluding hydrogens is 360 g/mol. The van der Waals surface area contributed by atoms with Crippen LogP contribution in [0.3, 0.4) is 0 Å². The maximum absolute atomic E-state index is 12.5. The third-order valence-electron chi connectivity index (χ3n) is 5.97. The van der Waals surface area contributed by atoms with Gasteiger partial charge in [0.15, 0.2) is 8.32 Å². The van der Waals surface area contributed by atoms with Gasteiger partial charge in [-0.1, -0.05) is 40.5 Å². The van der Waals surface area contributed by atoms with Crippen molar-refractivity contribution >= 4 is 8.32 Å². The Labute approximate surface area is 162 Å². The van der Waals surface area contributed by atoms with Gasteiger partial charge >= 0.3 is 5.69 Å². The highest BCUT2D eigenvalue weighted by Crippen LogP contribution is 2.45. The molecule has 6 nitrogen and oxygen atoms in total. The summed E-state index contributed by atoms with van der Waals surface area (Å²) in [5.41, 5.74) is -0.552. The highest BCUT2D eigenvalue weighted by Gasteiger charge is 2.49. The van der Waals surface area contributed by atoms with E-state index >= 15 is 0 Å². The summed E-state index contributed by atoms with van der Waals surface area (Å²) >= 11 is 0. The predicted molar refractivity (Wildman–Crippen MR) is 109 cm³/mol. The van der Waals surface area contributed by atoms with E-state index in [0.29, 0.717) is 5.56 Å². The molecule has 2 rings (SSSR count). The van der Waals surface area contributed by atoms with Gasteiger partial charge in [-0.05, 0) is 24.6 Å². The van der Waals surface area contributed by atoms with Crippen LogP contribution in [0, 0.1) is 18.3 Å². The van der Waals surface area contributed by atoms with Crippen LogP contribution in [0.15, 0.2) is 15.8 Å². The van der Waals surface area contributed by atoms with Crippen molar-refractivity contribution in [2.75, 3.05) is 0 Å². The van der Waals surface area contributed by atoms with Crippen LogP contribution in [0.25, 0.3) is 0 Å². The van der Waals surface area contributed by atoms with Gasteiger partial charge in [0.05, 0.1) is 24.3 Å². The molecule has 1 saturated heterocycles. The molecule has 0 aliphatic carbocycles. The minimum absolute atomic E-state index is 0.00261. The Morgan fingerprint density at radius 3 is 2.52 bits per heavy atom. The average Bonchev–Trinajstić information content (AvgIpc) is 2.85. The molecule has 1 aromatic rings. The number of ether oxygens (including phenoxy) is 1. The van der Waals surface area contributed by atoms with Crippen LogP contribution in [0.5, 0.6) is 0 Å². The van der Waals surface area contributed by atoms with Gasteiger partial charge in [-0.2, -0.15) is 0 Å². The number of terminal acetylenes is 1. The number of aromatic amines is 1. The number of hydrogen-bond donors (Lipinski definition) is 1. The fourth-order valence-electron chi connectivity index (χ4n) is 3.23. The molecule has 1 aromatic heterocycles. The Morgan fingerprint density at radius 2 is 2.00 bits per heavy atom. The lowest BCUT2D eigenvalue weighted by Gasteiger charge is -2.40. The molecule has 150 valence electrons. The maximum Gasteiger partial charge on any atom is 0.329 e. The smallest absolute Gasteiger partial charge is 0.329 e. The quantitative estimate of drug-likeness (QED) is 0.617. The number of aromatic nitrogens is 2. The number of H-pyrrole nitrogens is 1. The first-order valence-corrected chi connectivity index (χ1v) is 12.4. The molecule has 1 aliphatic heterocycles. The normalized spacial score (nSPS) is 26.1. The van der Waals surface area contributed by atoms with E-state index in [2.05, 4.69) is 58.6 Å². The first-order valence-electron chi connectivity index (χ1n) is 9.53. The van der Waals surface area contributed by atoms with Crippen LogP contribution in [0.1, 0.15) is 52.7 Å². The van der Waals surface area contributed by atoms with E-state index in [0.717, 1.165) is 6.42 Å². The monoisotopic (exact) mass is 392 g/mol. The Morgan fingerprint density at radius 1 is 1.37 bits per heavy atom. The Kier molecular flexibility index (Phi) is 6.25. The van der Waals surface area contributed by atoms with E-state index in [4.69, 9.17) is 15.6 Å². The van der Waals surface area contributed by atoms with Gasteiger partial charge in [-0.15, -0.1) is 6.42 Å². The number of nitrogens with zero attached hydrogens (tertiary/aromatic N) is 1. The Bertz CT molecular complexity index is 828. The molecule has 0 spiro atoms. The second-order valence-electron chi connectivity index (χ2n) is 8.88. The summed E-state index contributed by atoms with van der Waals surface area (Å²) in [6.07, 6.45) is 6.93. The molecule has 0 bridgehead atoms. The molecule has 4 atom stereocenters. The predicted octanol–water partition coefficient (Wildman–Crippen LogP) is 3.05. The standard InChI is InChI=1S/C20H32N2O4Si/c1-9-11-22-12-14(18(23)21-19(22)24)17-16(13(3)15(10-2)25-17)26-27(7,8)20(4,5)6/h1,12-13,15-17H,10-11H2,2-8H3,(H,21,23,24)/t13?,15-,16+,17+/m1/s1. The van der Waals surface area contributed by atoms with E-state index in [1.54, 1.807) is 0 Å². The van der Waals surface area contributed by atoms with Crippen molar-refractivity contribution in [1.82, 2.24) is 9.55 Å². The fourth-order valence-corrected chi connectivity index (χ4v) is 4.60. The van der Waals surface area contributed by atoms with Crippen LogP contribution in [0.2, 0.25) is 18.1 Å². The Balaban J connectivity index is 2.50. The second kappa shape index (κ2) is 7.78. The molecule has 0 radical (unpaired) electrons. The van der Waals surface area contributed by atoms with E-state index < -0.39 is 25.7 Å². The van der Waals surface area contributed by atoms with E-state index in [1.807, 2.05) is 0 Å².